The topological polar surface area (TPSA) is 122 Å². The molecule has 9 heteroatoms. The van der Waals surface area contributed by atoms with Crippen LogP contribution in [0.3, 0.4) is 0 Å². The quantitative estimate of drug-likeness (QED) is 0.343. The van der Waals surface area contributed by atoms with E-state index in [-0.39, 0.29) is 25.4 Å². The number of nitrogens with one attached hydrogen (secondary N) is 1. The van der Waals surface area contributed by atoms with Crippen LogP contribution in [0.15, 0.2) is 66.7 Å². The van der Waals surface area contributed by atoms with Gasteiger partial charge >= 0.3 is 6.03 Å². The first-order valence-corrected chi connectivity index (χ1v) is 11.6. The van der Waals surface area contributed by atoms with E-state index in [9.17, 15) is 23.5 Å². The lowest BCUT2D eigenvalue weighted by Gasteiger charge is -2.28. The van der Waals surface area contributed by atoms with Crippen LogP contribution in [0.5, 0.6) is 0 Å². The Bertz CT molecular complexity index is 1180. The van der Waals surface area contributed by atoms with Crippen LogP contribution in [0.4, 0.5) is 19.3 Å². The van der Waals surface area contributed by atoms with Crippen LogP contribution in [-0.4, -0.2) is 40.6 Å². The minimum absolute atomic E-state index is 0.0245. The van der Waals surface area contributed by atoms with Crippen molar-refractivity contribution in [3.63, 3.8) is 0 Å². The monoisotopic (exact) mass is 496 g/mol. The predicted molar refractivity (Wildman–Crippen MR) is 134 cm³/mol. The standard InChI is InChI=1S/C27H30F2N4O3/c1-2-17-4-3-5-18(10-17)15-33(26(35)20-6-8-23(9-7-20)32-27(31)36)16-25(34)24(30)13-19-11-21(28)14-22(29)12-19/h3-12,14,24-25,34H,2,13,15-16,30H2,1H3,(H3,31,32,36)/t24-,25+/m0/s1. The van der Waals surface area contributed by atoms with Gasteiger partial charge < -0.3 is 26.8 Å². The molecule has 3 rings (SSSR count). The third-order valence-electron chi connectivity index (χ3n) is 5.76. The lowest BCUT2D eigenvalue weighted by atomic mass is 10.0. The molecule has 0 aliphatic rings. The molecule has 190 valence electrons. The third-order valence-corrected chi connectivity index (χ3v) is 5.76. The second kappa shape index (κ2) is 12.2. The van der Waals surface area contributed by atoms with E-state index in [1.807, 2.05) is 31.2 Å². The Morgan fingerprint density at radius 1 is 0.972 bits per heavy atom. The summed E-state index contributed by atoms with van der Waals surface area (Å²) >= 11 is 0. The van der Waals surface area contributed by atoms with E-state index in [4.69, 9.17) is 11.5 Å². The average molecular weight is 497 g/mol. The SMILES string of the molecule is CCc1cccc(CN(C[C@@H](O)[C@@H](N)Cc2cc(F)cc(F)c2)C(=O)c2ccc(NC(N)=O)cc2)c1. The molecule has 0 spiro atoms. The summed E-state index contributed by atoms with van der Waals surface area (Å²) in [4.78, 5) is 25.9. The normalized spacial score (nSPS) is 12.6. The van der Waals surface area contributed by atoms with Crippen molar-refractivity contribution in [1.82, 2.24) is 4.90 Å². The van der Waals surface area contributed by atoms with Crippen LogP contribution in [0, 0.1) is 11.6 Å². The molecular formula is C27H30F2N4O3. The maximum Gasteiger partial charge on any atom is 0.316 e. The molecule has 3 amide bonds. The number of urea groups is 1. The van der Waals surface area contributed by atoms with Crippen molar-refractivity contribution < 1.29 is 23.5 Å². The molecule has 6 N–H and O–H groups in total. The van der Waals surface area contributed by atoms with Crippen LogP contribution in [0.1, 0.15) is 34.0 Å². The molecule has 0 bridgehead atoms. The summed E-state index contributed by atoms with van der Waals surface area (Å²) < 4.78 is 27.1. The highest BCUT2D eigenvalue weighted by atomic mass is 19.1. The number of rotatable bonds is 10. The first-order valence-electron chi connectivity index (χ1n) is 11.6. The van der Waals surface area contributed by atoms with Gasteiger partial charge in [0.15, 0.2) is 0 Å². The molecule has 0 radical (unpaired) electrons. The molecule has 36 heavy (non-hydrogen) atoms. The van der Waals surface area contributed by atoms with Gasteiger partial charge in [0.25, 0.3) is 5.91 Å². The number of benzene rings is 3. The molecule has 0 saturated carbocycles. The fourth-order valence-electron chi connectivity index (χ4n) is 3.91. The Morgan fingerprint density at radius 3 is 2.22 bits per heavy atom. The number of carbonyl (C=O) groups is 2. The summed E-state index contributed by atoms with van der Waals surface area (Å²) in [7, 11) is 0. The molecule has 0 saturated heterocycles. The van der Waals surface area contributed by atoms with Crippen molar-refractivity contribution in [2.75, 3.05) is 11.9 Å². The van der Waals surface area contributed by atoms with Gasteiger partial charge in [-0.05, 0) is 65.9 Å². The van der Waals surface area contributed by atoms with Crippen LogP contribution < -0.4 is 16.8 Å². The highest BCUT2D eigenvalue weighted by molar-refractivity contribution is 5.95. The molecule has 0 unspecified atom stereocenters. The fourth-order valence-corrected chi connectivity index (χ4v) is 3.91. The number of nitrogens with zero attached hydrogens (tertiary/aromatic N) is 1. The van der Waals surface area contributed by atoms with Crippen molar-refractivity contribution >= 4 is 17.6 Å². The van der Waals surface area contributed by atoms with Crippen molar-refractivity contribution in [3.05, 3.63) is 101 Å². The number of aliphatic hydroxyl groups is 1. The fraction of sp³-hybridized carbons (Fsp3) is 0.259. The molecule has 3 aromatic carbocycles. The Balaban J connectivity index is 1.80. The van der Waals surface area contributed by atoms with Crippen molar-refractivity contribution in [1.29, 1.82) is 0 Å². The predicted octanol–water partition coefficient (Wildman–Crippen LogP) is 3.59. The summed E-state index contributed by atoms with van der Waals surface area (Å²) in [5.41, 5.74) is 14.4. The van der Waals surface area contributed by atoms with Crippen LogP contribution >= 0.6 is 0 Å². The number of nitrogens with two attached hydrogens (primary N) is 2. The first kappa shape index (κ1) is 26.8. The van der Waals surface area contributed by atoms with Gasteiger partial charge in [0.1, 0.15) is 11.6 Å². The minimum Gasteiger partial charge on any atom is -0.390 e. The van der Waals surface area contributed by atoms with E-state index in [0.717, 1.165) is 35.7 Å². The van der Waals surface area contributed by atoms with Crippen molar-refractivity contribution in [2.24, 2.45) is 11.5 Å². The smallest absolute Gasteiger partial charge is 0.316 e. The lowest BCUT2D eigenvalue weighted by molar-refractivity contribution is 0.0554. The van der Waals surface area contributed by atoms with Crippen molar-refractivity contribution in [3.8, 4) is 0 Å². The zero-order chi connectivity index (χ0) is 26.2. The Labute approximate surface area is 208 Å². The van der Waals surface area contributed by atoms with E-state index in [1.54, 1.807) is 24.3 Å². The third kappa shape index (κ3) is 7.59. The van der Waals surface area contributed by atoms with E-state index >= 15 is 0 Å². The number of amides is 3. The number of aryl methyl sites for hydroxylation is 1. The van der Waals surface area contributed by atoms with Crippen LogP contribution in [-0.2, 0) is 19.4 Å². The lowest BCUT2D eigenvalue weighted by Crippen LogP contribution is -2.46. The molecule has 3 aromatic rings. The first-order chi connectivity index (χ1) is 17.1. The minimum atomic E-state index is -1.16. The van der Waals surface area contributed by atoms with Gasteiger partial charge in [-0.1, -0.05) is 31.2 Å². The number of hydrogen-bond donors (Lipinski definition) is 4. The number of halogens is 2. The Kier molecular flexibility index (Phi) is 9.10. The zero-order valence-electron chi connectivity index (χ0n) is 20.0. The van der Waals surface area contributed by atoms with Crippen LogP contribution in [0.25, 0.3) is 0 Å². The summed E-state index contributed by atoms with van der Waals surface area (Å²) in [6, 6.07) is 15.5. The van der Waals surface area contributed by atoms with Gasteiger partial charge in [-0.15, -0.1) is 0 Å². The highest BCUT2D eigenvalue weighted by Crippen LogP contribution is 2.17. The molecule has 0 aromatic heterocycles. The average Bonchev–Trinajstić information content (AvgIpc) is 2.82. The summed E-state index contributed by atoms with van der Waals surface area (Å²) in [5.74, 6) is -1.81. The van der Waals surface area contributed by atoms with E-state index in [2.05, 4.69) is 5.32 Å². The van der Waals surface area contributed by atoms with E-state index in [1.165, 1.54) is 4.90 Å². The molecular weight excluding hydrogens is 466 g/mol. The Morgan fingerprint density at radius 2 is 1.61 bits per heavy atom. The van der Waals surface area contributed by atoms with E-state index < -0.39 is 29.8 Å². The van der Waals surface area contributed by atoms with E-state index in [0.29, 0.717) is 16.8 Å². The van der Waals surface area contributed by atoms with Gasteiger partial charge in [-0.3, -0.25) is 4.79 Å². The molecule has 7 nitrogen and oxygen atoms in total. The number of hydrogen-bond acceptors (Lipinski definition) is 4. The molecule has 0 fully saturated rings. The summed E-state index contributed by atoms with van der Waals surface area (Å²) in [6.07, 6.45) is -0.310. The second-order valence-electron chi connectivity index (χ2n) is 8.64. The summed E-state index contributed by atoms with van der Waals surface area (Å²) in [5, 5.41) is 13.3. The maximum atomic E-state index is 13.6. The van der Waals surface area contributed by atoms with Gasteiger partial charge in [0.05, 0.1) is 6.10 Å². The molecule has 0 heterocycles. The van der Waals surface area contributed by atoms with Gasteiger partial charge in [0.2, 0.25) is 0 Å². The number of carbonyl (C=O) groups excluding carboxylic acids is 2. The Hall–Kier alpha value is -3.82. The van der Waals surface area contributed by atoms with Gasteiger partial charge in [-0.2, -0.15) is 0 Å². The number of anilines is 1. The number of aliphatic hydroxyl groups excluding tert-OH is 1. The maximum absolute atomic E-state index is 13.6. The molecule has 0 aliphatic heterocycles. The van der Waals surface area contributed by atoms with Gasteiger partial charge in [-0.25, -0.2) is 13.6 Å². The highest BCUT2D eigenvalue weighted by Gasteiger charge is 2.24. The largest absolute Gasteiger partial charge is 0.390 e. The molecule has 0 aliphatic carbocycles. The second-order valence-corrected chi connectivity index (χ2v) is 8.64. The van der Waals surface area contributed by atoms with Crippen LogP contribution in [0.2, 0.25) is 0 Å². The number of primary amides is 1. The molecule has 2 atom stereocenters. The van der Waals surface area contributed by atoms with Gasteiger partial charge in [0, 0.05) is 36.4 Å². The zero-order valence-corrected chi connectivity index (χ0v) is 20.0. The summed E-state index contributed by atoms with van der Waals surface area (Å²) in [6.45, 7) is 2.14. The van der Waals surface area contributed by atoms with Crippen molar-refractivity contribution in [2.45, 2.75) is 38.5 Å².